The average molecular weight is 550 g/mol. The van der Waals surface area contributed by atoms with Gasteiger partial charge in [-0.05, 0) is 74.3 Å². The zero-order valence-corrected chi connectivity index (χ0v) is 22.4. The molecule has 0 saturated carbocycles. The number of carbonyl (C=O) groups is 1. The fraction of sp³-hybridized carbons (Fsp3) is 0.367. The fourth-order valence-electron chi connectivity index (χ4n) is 4.91. The molecule has 1 atom stereocenters. The summed E-state index contributed by atoms with van der Waals surface area (Å²) in [6.45, 7) is 6.65. The van der Waals surface area contributed by atoms with Crippen molar-refractivity contribution in [1.82, 2.24) is 14.9 Å². The molecule has 7 nitrogen and oxygen atoms in total. The molecule has 208 valence electrons. The maximum Gasteiger partial charge on any atom is 0.433 e. The van der Waals surface area contributed by atoms with Crippen LogP contribution in [0.4, 0.5) is 24.5 Å². The summed E-state index contributed by atoms with van der Waals surface area (Å²) in [5.74, 6) is 6.39. The van der Waals surface area contributed by atoms with E-state index in [0.29, 0.717) is 24.8 Å². The number of hydrogen-bond donors (Lipinski definition) is 1. The Labute approximate surface area is 231 Å². The maximum atomic E-state index is 13.1. The van der Waals surface area contributed by atoms with E-state index in [4.69, 9.17) is 9.72 Å². The quantitative estimate of drug-likeness (QED) is 0.469. The van der Waals surface area contributed by atoms with E-state index in [0.717, 1.165) is 72.9 Å². The lowest BCUT2D eigenvalue weighted by molar-refractivity contribution is -0.141. The number of amides is 1. The first kappa shape index (κ1) is 27.6. The van der Waals surface area contributed by atoms with Crippen molar-refractivity contribution >= 4 is 17.3 Å². The molecule has 3 aromatic rings. The molecule has 0 spiro atoms. The summed E-state index contributed by atoms with van der Waals surface area (Å²) >= 11 is 0. The van der Waals surface area contributed by atoms with Crippen LogP contribution in [0.3, 0.4) is 0 Å². The number of hydrogen-bond acceptors (Lipinski definition) is 6. The van der Waals surface area contributed by atoms with E-state index in [9.17, 15) is 18.0 Å². The van der Waals surface area contributed by atoms with Gasteiger partial charge in [-0.2, -0.15) is 13.2 Å². The number of ether oxygens (including phenoxy) is 1. The number of anilines is 2. The van der Waals surface area contributed by atoms with Crippen LogP contribution < -0.4 is 10.2 Å². The van der Waals surface area contributed by atoms with Gasteiger partial charge in [-0.25, -0.2) is 4.98 Å². The Kier molecular flexibility index (Phi) is 8.05. The number of carbonyl (C=O) groups excluding carboxylic acids is 1. The molecule has 2 aromatic heterocycles. The highest BCUT2D eigenvalue weighted by atomic mass is 19.4. The molecule has 2 aliphatic rings. The predicted octanol–water partition coefficient (Wildman–Crippen LogP) is 4.86. The number of morpholine rings is 1. The standard InChI is InChI=1S/C30H30F3N5O2/c1-20-3-5-24(36-29(39)22-7-9-34-28(16-22)30(31,32)33)17-25(20)23-15-27(38-11-13-40-14-12-38)26(35-18-23)6-4-21-8-10-37(2)19-21/h3,5,7,9,15-18,21H,8,10-14,19H2,1-2H3,(H,36,39). The molecule has 1 unspecified atom stereocenters. The smallest absolute Gasteiger partial charge is 0.378 e. The molecule has 5 rings (SSSR count). The van der Waals surface area contributed by atoms with Crippen molar-refractivity contribution in [3.05, 3.63) is 71.3 Å². The highest BCUT2D eigenvalue weighted by molar-refractivity contribution is 6.04. The van der Waals surface area contributed by atoms with Gasteiger partial charge >= 0.3 is 6.18 Å². The molecule has 1 N–H and O–H groups in total. The Bertz CT molecular complexity index is 1460. The van der Waals surface area contributed by atoms with Gasteiger partial charge in [0.15, 0.2) is 0 Å². The molecule has 1 amide bonds. The zero-order valence-electron chi connectivity index (χ0n) is 22.4. The van der Waals surface area contributed by atoms with Gasteiger partial charge in [0, 0.05) is 54.8 Å². The Morgan fingerprint density at radius 2 is 1.90 bits per heavy atom. The summed E-state index contributed by atoms with van der Waals surface area (Å²) in [7, 11) is 2.10. The highest BCUT2D eigenvalue weighted by Gasteiger charge is 2.33. The van der Waals surface area contributed by atoms with Crippen LogP contribution in [0.15, 0.2) is 48.8 Å². The average Bonchev–Trinajstić information content (AvgIpc) is 3.38. The third kappa shape index (κ3) is 6.43. The molecule has 2 saturated heterocycles. The second-order valence-electron chi connectivity index (χ2n) is 10.1. The minimum Gasteiger partial charge on any atom is -0.378 e. The van der Waals surface area contributed by atoms with Gasteiger partial charge in [0.05, 0.1) is 18.9 Å². The van der Waals surface area contributed by atoms with Crippen LogP contribution in [0.5, 0.6) is 0 Å². The molecule has 0 aliphatic carbocycles. The summed E-state index contributed by atoms with van der Waals surface area (Å²) in [6.07, 6.45) is -0.834. The summed E-state index contributed by atoms with van der Waals surface area (Å²) in [4.78, 5) is 25.4. The molecular formula is C30H30F3N5O2. The van der Waals surface area contributed by atoms with Crippen molar-refractivity contribution < 1.29 is 22.7 Å². The number of rotatable bonds is 4. The Hall–Kier alpha value is -3.94. The van der Waals surface area contributed by atoms with Crippen molar-refractivity contribution in [2.45, 2.75) is 19.5 Å². The second kappa shape index (κ2) is 11.7. The lowest BCUT2D eigenvalue weighted by atomic mass is 10.00. The molecule has 0 radical (unpaired) electrons. The predicted molar refractivity (Wildman–Crippen MR) is 147 cm³/mol. The monoisotopic (exact) mass is 549 g/mol. The van der Waals surface area contributed by atoms with E-state index < -0.39 is 17.8 Å². The minimum absolute atomic E-state index is 0.128. The number of alkyl halides is 3. The highest BCUT2D eigenvalue weighted by Crippen LogP contribution is 2.32. The van der Waals surface area contributed by atoms with Crippen molar-refractivity contribution in [1.29, 1.82) is 0 Å². The van der Waals surface area contributed by atoms with Crippen molar-refractivity contribution in [2.24, 2.45) is 5.92 Å². The molecule has 10 heteroatoms. The number of benzene rings is 1. The SMILES string of the molecule is Cc1ccc(NC(=O)c2ccnc(C(F)(F)F)c2)cc1-c1cnc(C#CC2CCN(C)C2)c(N2CCOCC2)c1. The van der Waals surface area contributed by atoms with E-state index >= 15 is 0 Å². The van der Waals surface area contributed by atoms with Crippen LogP contribution in [-0.4, -0.2) is 67.2 Å². The number of likely N-dealkylation sites (tertiary alicyclic amines) is 1. The number of aromatic nitrogens is 2. The topological polar surface area (TPSA) is 70.6 Å². The van der Waals surface area contributed by atoms with Crippen LogP contribution in [0.1, 0.15) is 33.7 Å². The van der Waals surface area contributed by atoms with E-state index in [1.165, 1.54) is 6.07 Å². The first-order valence-corrected chi connectivity index (χ1v) is 13.2. The Balaban J connectivity index is 1.44. The summed E-state index contributed by atoms with van der Waals surface area (Å²) in [6, 6.07) is 9.44. The molecule has 0 bridgehead atoms. The largest absolute Gasteiger partial charge is 0.433 e. The van der Waals surface area contributed by atoms with E-state index in [1.54, 1.807) is 18.3 Å². The van der Waals surface area contributed by atoms with Crippen LogP contribution >= 0.6 is 0 Å². The van der Waals surface area contributed by atoms with Gasteiger partial charge in [-0.1, -0.05) is 12.0 Å². The Morgan fingerprint density at radius 1 is 1.10 bits per heavy atom. The molecule has 1 aromatic carbocycles. The minimum atomic E-state index is -4.64. The third-order valence-electron chi connectivity index (χ3n) is 7.12. The Morgan fingerprint density at radius 3 is 2.62 bits per heavy atom. The van der Waals surface area contributed by atoms with Gasteiger partial charge in [0.1, 0.15) is 11.4 Å². The number of nitrogens with one attached hydrogen (secondary N) is 1. The lowest BCUT2D eigenvalue weighted by Gasteiger charge is -2.29. The zero-order chi connectivity index (χ0) is 28.3. The third-order valence-corrected chi connectivity index (χ3v) is 7.12. The van der Waals surface area contributed by atoms with Crippen molar-refractivity contribution in [3.8, 4) is 23.0 Å². The number of nitrogens with zero attached hydrogens (tertiary/aromatic N) is 4. The molecule has 2 fully saturated rings. The van der Waals surface area contributed by atoms with Gasteiger partial charge in [-0.3, -0.25) is 9.78 Å². The normalized spacial score (nSPS) is 17.8. The van der Waals surface area contributed by atoms with Crippen LogP contribution in [0.25, 0.3) is 11.1 Å². The molecule has 4 heterocycles. The molecular weight excluding hydrogens is 519 g/mol. The second-order valence-corrected chi connectivity index (χ2v) is 10.1. The van der Waals surface area contributed by atoms with Crippen molar-refractivity contribution in [2.75, 3.05) is 56.7 Å². The van der Waals surface area contributed by atoms with E-state index in [-0.39, 0.29) is 5.56 Å². The van der Waals surface area contributed by atoms with E-state index in [2.05, 4.69) is 45.1 Å². The van der Waals surface area contributed by atoms with E-state index in [1.807, 2.05) is 13.0 Å². The fourth-order valence-corrected chi connectivity index (χ4v) is 4.91. The number of halogens is 3. The summed E-state index contributed by atoms with van der Waals surface area (Å²) in [5.41, 5.74) is 3.53. The van der Waals surface area contributed by atoms with Crippen LogP contribution in [0, 0.1) is 24.7 Å². The van der Waals surface area contributed by atoms with Gasteiger partial charge in [0.2, 0.25) is 0 Å². The molecule has 2 aliphatic heterocycles. The van der Waals surface area contributed by atoms with Crippen LogP contribution in [-0.2, 0) is 10.9 Å². The summed E-state index contributed by atoms with van der Waals surface area (Å²) in [5, 5.41) is 2.71. The van der Waals surface area contributed by atoms with Gasteiger partial charge in [0.25, 0.3) is 5.91 Å². The number of pyridine rings is 2. The first-order valence-electron chi connectivity index (χ1n) is 13.2. The van der Waals surface area contributed by atoms with Gasteiger partial charge < -0.3 is 19.9 Å². The van der Waals surface area contributed by atoms with Crippen molar-refractivity contribution in [3.63, 3.8) is 0 Å². The first-order chi connectivity index (χ1) is 19.2. The molecule has 40 heavy (non-hydrogen) atoms. The van der Waals surface area contributed by atoms with Gasteiger partial charge in [-0.15, -0.1) is 0 Å². The maximum absolute atomic E-state index is 13.1. The van der Waals surface area contributed by atoms with Crippen LogP contribution in [0.2, 0.25) is 0 Å². The number of aryl methyl sites for hydroxylation is 1. The lowest BCUT2D eigenvalue weighted by Crippen LogP contribution is -2.36. The summed E-state index contributed by atoms with van der Waals surface area (Å²) < 4.78 is 44.7.